The molecule has 6 aromatic rings. The van der Waals surface area contributed by atoms with Crippen LogP contribution in [0.2, 0.25) is 0 Å². The Morgan fingerprint density at radius 3 is 1.29 bits per heavy atom. The number of hydrogen-bond acceptors (Lipinski definition) is 4. The zero-order chi connectivity index (χ0) is 20.5. The molecule has 31 heavy (non-hydrogen) atoms. The molecule has 0 amide bonds. The van der Waals surface area contributed by atoms with Crippen LogP contribution in [0.5, 0.6) is 11.5 Å². The van der Waals surface area contributed by atoms with Crippen LogP contribution in [0, 0.1) is 0 Å². The molecule has 4 nitrogen and oxygen atoms in total. The van der Waals surface area contributed by atoms with Gasteiger partial charge in [-0.15, -0.1) is 0 Å². The van der Waals surface area contributed by atoms with E-state index in [4.69, 9.17) is 0 Å². The molecule has 5 heteroatoms. The minimum absolute atomic E-state index is 0. The Balaban J connectivity index is 0.000000144. The van der Waals surface area contributed by atoms with Crippen molar-refractivity contribution in [3.8, 4) is 11.5 Å². The monoisotopic (exact) mass is 412 g/mol. The summed E-state index contributed by atoms with van der Waals surface area (Å²) in [5.41, 5.74) is 1.58. The van der Waals surface area contributed by atoms with Gasteiger partial charge in [0.2, 0.25) is 0 Å². The van der Waals surface area contributed by atoms with Gasteiger partial charge in [0.25, 0.3) is 0 Å². The summed E-state index contributed by atoms with van der Waals surface area (Å²) in [6, 6.07) is 26.2. The van der Waals surface area contributed by atoms with E-state index in [-0.39, 0.29) is 34.6 Å². The van der Waals surface area contributed by atoms with Crippen molar-refractivity contribution in [1.29, 1.82) is 0 Å². The Morgan fingerprint density at radius 1 is 0.452 bits per heavy atom. The molecule has 0 saturated carbocycles. The first-order chi connectivity index (χ1) is 14.7. The van der Waals surface area contributed by atoms with E-state index in [1.165, 1.54) is 0 Å². The van der Waals surface area contributed by atoms with Crippen molar-refractivity contribution in [2.45, 2.75) is 0 Å². The molecule has 0 N–H and O–H groups in total. The van der Waals surface area contributed by atoms with Crippen molar-refractivity contribution in [1.82, 2.24) is 9.97 Å². The summed E-state index contributed by atoms with van der Waals surface area (Å²) in [6.45, 7) is 0. The first kappa shape index (κ1) is 20.8. The maximum absolute atomic E-state index is 11.8. The van der Waals surface area contributed by atoms with Crippen molar-refractivity contribution in [2.75, 3.05) is 0 Å². The van der Waals surface area contributed by atoms with Gasteiger partial charge in [0, 0.05) is 33.9 Å². The van der Waals surface area contributed by atoms with Crippen molar-refractivity contribution in [3.63, 3.8) is 0 Å². The third kappa shape index (κ3) is 3.85. The van der Waals surface area contributed by atoms with Crippen molar-refractivity contribution in [3.05, 3.63) is 97.3 Å². The average molecular weight is 413 g/mol. The summed E-state index contributed by atoms with van der Waals surface area (Å²) in [6.07, 6.45) is 3.43. The summed E-state index contributed by atoms with van der Waals surface area (Å²) < 4.78 is 0. The van der Waals surface area contributed by atoms with Crippen LogP contribution in [0.15, 0.2) is 97.3 Å². The van der Waals surface area contributed by atoms with Crippen LogP contribution in [-0.4, -0.2) is 33.0 Å². The molecular formula is C26H16MgN2O2. The number of benzene rings is 4. The molecule has 0 spiro atoms. The molecule has 0 bridgehead atoms. The molecule has 0 radical (unpaired) electrons. The predicted molar refractivity (Wildman–Crippen MR) is 123 cm³/mol. The number of nitrogens with zero attached hydrogens (tertiary/aromatic N) is 2. The molecule has 2 heterocycles. The van der Waals surface area contributed by atoms with Gasteiger partial charge in [0.05, 0.1) is 11.0 Å². The van der Waals surface area contributed by atoms with E-state index in [2.05, 4.69) is 9.97 Å². The fourth-order valence-corrected chi connectivity index (χ4v) is 3.76. The van der Waals surface area contributed by atoms with E-state index in [0.717, 1.165) is 43.4 Å². The molecule has 0 aliphatic heterocycles. The van der Waals surface area contributed by atoms with Gasteiger partial charge in [-0.2, -0.15) is 0 Å². The topological polar surface area (TPSA) is 71.9 Å². The maximum Gasteiger partial charge on any atom is 2.00 e. The summed E-state index contributed by atoms with van der Waals surface area (Å²) in [5.74, 6) is 0.0774. The average Bonchev–Trinajstić information content (AvgIpc) is 2.79. The molecule has 0 unspecified atom stereocenters. The standard InChI is InChI=1S/2C13H9NO.Mg/c2*15-11-5-1-3-9-6-7-10-4-2-8-14-13(10)12(9)11;/h2*1-8,15H;/q;;+2/p-2. The Morgan fingerprint density at radius 2 is 0.839 bits per heavy atom. The number of fused-ring (bicyclic) bond motifs is 6. The van der Waals surface area contributed by atoms with Crippen LogP contribution in [0.4, 0.5) is 0 Å². The van der Waals surface area contributed by atoms with Crippen LogP contribution in [0.3, 0.4) is 0 Å². The first-order valence-electron chi connectivity index (χ1n) is 9.59. The molecular weight excluding hydrogens is 397 g/mol. The second kappa shape index (κ2) is 8.76. The number of aromatic nitrogens is 2. The van der Waals surface area contributed by atoms with Gasteiger partial charge in [-0.05, 0) is 22.9 Å². The van der Waals surface area contributed by atoms with E-state index >= 15 is 0 Å². The maximum atomic E-state index is 11.8. The summed E-state index contributed by atoms with van der Waals surface area (Å²) in [4.78, 5) is 8.54. The smallest absolute Gasteiger partial charge is 0.872 e. The van der Waals surface area contributed by atoms with Gasteiger partial charge in [0.15, 0.2) is 0 Å². The number of rotatable bonds is 0. The molecule has 6 rings (SSSR count). The van der Waals surface area contributed by atoms with Crippen LogP contribution in [0.25, 0.3) is 43.4 Å². The van der Waals surface area contributed by atoms with Crippen LogP contribution in [-0.2, 0) is 0 Å². The summed E-state index contributed by atoms with van der Waals surface area (Å²) in [7, 11) is 0. The predicted octanol–water partition coefficient (Wildman–Crippen LogP) is 4.54. The normalized spacial score (nSPS) is 10.6. The van der Waals surface area contributed by atoms with E-state index in [9.17, 15) is 10.2 Å². The summed E-state index contributed by atoms with van der Waals surface area (Å²) >= 11 is 0. The molecule has 0 saturated heterocycles. The van der Waals surface area contributed by atoms with Crippen molar-refractivity contribution >= 4 is 66.4 Å². The molecule has 0 aliphatic rings. The van der Waals surface area contributed by atoms with Crippen molar-refractivity contribution in [2.24, 2.45) is 0 Å². The Labute approximate surface area is 195 Å². The minimum atomic E-state index is 0. The van der Waals surface area contributed by atoms with E-state index in [1.54, 1.807) is 36.7 Å². The third-order valence-electron chi connectivity index (χ3n) is 5.15. The van der Waals surface area contributed by atoms with E-state index < -0.39 is 0 Å². The largest absolute Gasteiger partial charge is 2.00 e. The van der Waals surface area contributed by atoms with Gasteiger partial charge < -0.3 is 10.2 Å². The Bertz CT molecular complexity index is 1420. The second-order valence-corrected chi connectivity index (χ2v) is 6.99. The molecule has 2 aromatic heterocycles. The fraction of sp³-hybridized carbons (Fsp3) is 0. The molecule has 0 aliphatic carbocycles. The van der Waals surface area contributed by atoms with Crippen molar-refractivity contribution < 1.29 is 10.2 Å². The van der Waals surface area contributed by atoms with Gasteiger partial charge in [0.1, 0.15) is 0 Å². The van der Waals surface area contributed by atoms with Crippen LogP contribution < -0.4 is 10.2 Å². The number of pyridine rings is 2. The SMILES string of the molecule is [Mg+2].[O-]c1cccc2ccc3cccnc3c12.[O-]c1cccc2ccc3cccnc3c12. The quantitative estimate of drug-likeness (QED) is 0.271. The second-order valence-electron chi connectivity index (χ2n) is 6.99. The van der Waals surface area contributed by atoms with Gasteiger partial charge >= 0.3 is 23.1 Å². The minimum Gasteiger partial charge on any atom is -0.872 e. The zero-order valence-electron chi connectivity index (χ0n) is 16.7. The Kier molecular flexibility index (Phi) is 5.89. The first-order valence-corrected chi connectivity index (χ1v) is 9.59. The van der Waals surface area contributed by atoms with E-state index in [1.807, 2.05) is 60.7 Å². The third-order valence-corrected chi connectivity index (χ3v) is 5.15. The van der Waals surface area contributed by atoms with Gasteiger partial charge in [-0.25, -0.2) is 0 Å². The van der Waals surface area contributed by atoms with Crippen LogP contribution in [0.1, 0.15) is 0 Å². The van der Waals surface area contributed by atoms with Gasteiger partial charge in [-0.1, -0.05) is 84.3 Å². The summed E-state index contributed by atoms with van der Waals surface area (Å²) in [5, 5.41) is 28.9. The molecule has 4 aromatic carbocycles. The fourth-order valence-electron chi connectivity index (χ4n) is 3.76. The Hall–Kier alpha value is -3.41. The zero-order valence-corrected chi connectivity index (χ0v) is 18.1. The molecule has 144 valence electrons. The molecule has 0 atom stereocenters. The van der Waals surface area contributed by atoms with Gasteiger partial charge in [-0.3, -0.25) is 9.97 Å². The van der Waals surface area contributed by atoms with E-state index in [0.29, 0.717) is 0 Å². The van der Waals surface area contributed by atoms with Crippen LogP contribution >= 0.6 is 0 Å². The molecule has 0 fully saturated rings. The number of hydrogen-bond donors (Lipinski definition) is 0.